The number of carbonyl (C=O) groups excluding carboxylic acids is 2. The van der Waals surface area contributed by atoms with E-state index in [1.165, 1.54) is 18.2 Å². The van der Waals surface area contributed by atoms with Gasteiger partial charge in [0.25, 0.3) is 10.0 Å². The van der Waals surface area contributed by atoms with Crippen molar-refractivity contribution in [2.75, 3.05) is 14.9 Å². The molecule has 12 heteroatoms. The van der Waals surface area contributed by atoms with Crippen molar-refractivity contribution in [1.29, 1.82) is 0 Å². The van der Waals surface area contributed by atoms with Crippen LogP contribution < -0.4 is 14.9 Å². The molecule has 4 aromatic rings. The number of anilines is 3. The van der Waals surface area contributed by atoms with E-state index < -0.39 is 34.3 Å². The van der Waals surface area contributed by atoms with Gasteiger partial charge in [-0.3, -0.25) is 13.9 Å². The summed E-state index contributed by atoms with van der Waals surface area (Å²) in [7, 11) is -4.31. The number of para-hydroxylation sites is 2. The van der Waals surface area contributed by atoms with Gasteiger partial charge in [-0.25, -0.2) is 13.4 Å². The quantitative estimate of drug-likeness (QED) is 0.311. The van der Waals surface area contributed by atoms with Gasteiger partial charge < -0.3 is 15.6 Å². The van der Waals surface area contributed by atoms with Crippen molar-refractivity contribution in [3.8, 4) is 11.4 Å². The van der Waals surface area contributed by atoms with E-state index in [4.69, 9.17) is 23.2 Å². The maximum absolute atomic E-state index is 13.8. The number of hydrogen-bond donors (Lipinski definition) is 3. The van der Waals surface area contributed by atoms with E-state index in [0.717, 1.165) is 9.87 Å². The lowest BCUT2D eigenvalue weighted by Gasteiger charge is -2.36. The highest BCUT2D eigenvalue weighted by Gasteiger charge is 2.42. The number of halogens is 2. The van der Waals surface area contributed by atoms with Gasteiger partial charge in [0.05, 0.1) is 32.7 Å². The second-order valence-corrected chi connectivity index (χ2v) is 10.8. The summed E-state index contributed by atoms with van der Waals surface area (Å²) in [5.74, 6) is -0.496. The van der Waals surface area contributed by atoms with Gasteiger partial charge in [0.2, 0.25) is 11.8 Å². The van der Waals surface area contributed by atoms with Crippen LogP contribution in [0.4, 0.5) is 17.1 Å². The third-order valence-corrected chi connectivity index (χ3v) is 8.31. The smallest absolute Gasteiger partial charge is 0.265 e. The van der Waals surface area contributed by atoms with Crippen molar-refractivity contribution in [2.45, 2.75) is 17.4 Å². The molecule has 2 heterocycles. The maximum atomic E-state index is 13.8. The summed E-state index contributed by atoms with van der Waals surface area (Å²) < 4.78 is 28.5. The Balaban J connectivity index is 1.44. The van der Waals surface area contributed by atoms with Crippen LogP contribution >= 0.6 is 23.2 Å². The van der Waals surface area contributed by atoms with Gasteiger partial charge in [-0.05, 0) is 54.6 Å². The highest BCUT2D eigenvalue weighted by atomic mass is 35.5. The number of imidazole rings is 1. The molecular weight excluding hydrogens is 537 g/mol. The molecule has 1 aliphatic rings. The van der Waals surface area contributed by atoms with Gasteiger partial charge in [0.15, 0.2) is 0 Å². The molecule has 37 heavy (non-hydrogen) atoms. The van der Waals surface area contributed by atoms with E-state index in [2.05, 4.69) is 20.6 Å². The fourth-order valence-corrected chi connectivity index (χ4v) is 6.03. The standard InChI is InChI=1S/C25H19Cl2N5O4S/c26-18-10-9-17(13-19(18)27)37(35,36)32-21-4-2-1-3-20(21)31-25(34)22(32)14-23(33)30-16-7-5-15(6-8-16)24-28-11-12-29-24/h1-13,22H,14H2,(H,28,29)(H,30,33)(H,31,34)/t22-/m0/s1. The van der Waals surface area contributed by atoms with Crippen LogP contribution in [0.2, 0.25) is 10.0 Å². The molecule has 3 N–H and O–H groups in total. The predicted molar refractivity (Wildman–Crippen MR) is 142 cm³/mol. The summed E-state index contributed by atoms with van der Waals surface area (Å²) in [5, 5.41) is 5.65. The predicted octanol–water partition coefficient (Wildman–Crippen LogP) is 4.93. The first-order chi connectivity index (χ1) is 17.7. The van der Waals surface area contributed by atoms with Gasteiger partial charge in [-0.15, -0.1) is 0 Å². The first-order valence-corrected chi connectivity index (χ1v) is 13.2. The minimum Gasteiger partial charge on any atom is -0.345 e. The van der Waals surface area contributed by atoms with E-state index in [0.29, 0.717) is 17.2 Å². The number of nitrogens with one attached hydrogen (secondary N) is 3. The number of benzene rings is 3. The maximum Gasteiger partial charge on any atom is 0.265 e. The van der Waals surface area contributed by atoms with Gasteiger partial charge in [-0.1, -0.05) is 35.3 Å². The number of aromatic amines is 1. The monoisotopic (exact) mass is 555 g/mol. The van der Waals surface area contributed by atoms with Crippen molar-refractivity contribution in [3.63, 3.8) is 0 Å². The lowest BCUT2D eigenvalue weighted by molar-refractivity contribution is -0.122. The summed E-state index contributed by atoms with van der Waals surface area (Å²) in [6, 6.07) is 15.9. The lowest BCUT2D eigenvalue weighted by atomic mass is 10.1. The van der Waals surface area contributed by atoms with E-state index in [1.54, 1.807) is 60.9 Å². The zero-order valence-corrected chi connectivity index (χ0v) is 21.3. The topological polar surface area (TPSA) is 124 Å². The number of H-pyrrole nitrogens is 1. The molecule has 0 bridgehead atoms. The summed E-state index contributed by atoms with van der Waals surface area (Å²) >= 11 is 12.0. The highest BCUT2D eigenvalue weighted by molar-refractivity contribution is 7.93. The van der Waals surface area contributed by atoms with E-state index in [1.807, 2.05) is 0 Å². The molecular formula is C25H19Cl2N5O4S. The summed E-state index contributed by atoms with van der Waals surface area (Å²) in [5.41, 5.74) is 1.84. The number of carbonyl (C=O) groups is 2. The molecule has 188 valence electrons. The van der Waals surface area contributed by atoms with Crippen LogP contribution in [0.1, 0.15) is 6.42 Å². The van der Waals surface area contributed by atoms with E-state index in [9.17, 15) is 18.0 Å². The number of fused-ring (bicyclic) bond motifs is 1. The van der Waals surface area contributed by atoms with Gasteiger partial charge >= 0.3 is 0 Å². The summed E-state index contributed by atoms with van der Waals surface area (Å²) in [4.78, 5) is 33.1. The second kappa shape index (κ2) is 9.89. The molecule has 0 aliphatic carbocycles. The number of aromatic nitrogens is 2. The third kappa shape index (κ3) is 4.91. The SMILES string of the molecule is O=C(C[C@H]1C(=O)Nc2ccccc2N1S(=O)(=O)c1ccc(Cl)c(Cl)c1)Nc1ccc(-c2ncc[nH]2)cc1. The molecule has 0 spiro atoms. The van der Waals surface area contributed by atoms with Gasteiger partial charge in [-0.2, -0.15) is 0 Å². The fraction of sp³-hybridized carbons (Fsp3) is 0.0800. The Morgan fingerprint density at radius 1 is 1.03 bits per heavy atom. The van der Waals surface area contributed by atoms with Crippen LogP contribution in [0.5, 0.6) is 0 Å². The van der Waals surface area contributed by atoms with Crippen molar-refractivity contribution in [3.05, 3.63) is 89.2 Å². The van der Waals surface area contributed by atoms with Crippen LogP contribution in [0.25, 0.3) is 11.4 Å². The number of hydrogen-bond acceptors (Lipinski definition) is 5. The Labute approximate surface area is 222 Å². The first-order valence-electron chi connectivity index (χ1n) is 11.0. The Morgan fingerprint density at radius 3 is 2.49 bits per heavy atom. The fourth-order valence-electron chi connectivity index (χ4n) is 4.01. The number of rotatable bonds is 6. The van der Waals surface area contributed by atoms with Crippen molar-refractivity contribution in [2.24, 2.45) is 0 Å². The zero-order chi connectivity index (χ0) is 26.2. The van der Waals surface area contributed by atoms with Crippen LogP contribution in [-0.2, 0) is 19.6 Å². The van der Waals surface area contributed by atoms with Crippen LogP contribution in [0.15, 0.2) is 84.0 Å². The number of nitrogens with zero attached hydrogens (tertiary/aromatic N) is 2. The zero-order valence-electron chi connectivity index (χ0n) is 19.0. The Kier molecular flexibility index (Phi) is 6.63. The summed E-state index contributed by atoms with van der Waals surface area (Å²) in [6.45, 7) is 0. The lowest BCUT2D eigenvalue weighted by Crippen LogP contribution is -2.52. The minimum atomic E-state index is -4.31. The molecule has 0 fully saturated rings. The summed E-state index contributed by atoms with van der Waals surface area (Å²) in [6.07, 6.45) is 2.91. The molecule has 0 saturated heterocycles. The normalized spacial score (nSPS) is 15.1. The molecule has 3 aromatic carbocycles. The van der Waals surface area contributed by atoms with Crippen molar-refractivity contribution < 1.29 is 18.0 Å². The Hall–Kier alpha value is -3.86. The highest BCUT2D eigenvalue weighted by Crippen LogP contribution is 2.38. The first kappa shape index (κ1) is 24.8. The van der Waals surface area contributed by atoms with Crippen LogP contribution in [0.3, 0.4) is 0 Å². The van der Waals surface area contributed by atoms with Crippen LogP contribution in [0, 0.1) is 0 Å². The molecule has 9 nitrogen and oxygen atoms in total. The minimum absolute atomic E-state index is 0.0461. The third-order valence-electron chi connectivity index (χ3n) is 5.75. The molecule has 5 rings (SSSR count). The largest absolute Gasteiger partial charge is 0.345 e. The van der Waals surface area contributed by atoms with Crippen LogP contribution in [-0.4, -0.2) is 36.2 Å². The average molecular weight is 556 g/mol. The molecule has 0 unspecified atom stereocenters. The molecule has 1 aliphatic heterocycles. The molecule has 0 radical (unpaired) electrons. The van der Waals surface area contributed by atoms with Gasteiger partial charge in [0, 0.05) is 23.6 Å². The molecule has 1 aromatic heterocycles. The average Bonchev–Trinajstić information content (AvgIpc) is 3.41. The number of amides is 2. The molecule has 1 atom stereocenters. The van der Waals surface area contributed by atoms with Crippen molar-refractivity contribution >= 4 is 62.1 Å². The number of sulfonamides is 1. The molecule has 2 amide bonds. The van der Waals surface area contributed by atoms with Crippen molar-refractivity contribution in [1.82, 2.24) is 9.97 Å². The Morgan fingerprint density at radius 2 is 1.78 bits per heavy atom. The van der Waals surface area contributed by atoms with E-state index in [-0.39, 0.29) is 20.6 Å². The van der Waals surface area contributed by atoms with Gasteiger partial charge in [0.1, 0.15) is 11.9 Å². The second-order valence-electron chi connectivity index (χ2n) is 8.17. The Bertz CT molecular complexity index is 1590. The van der Waals surface area contributed by atoms with E-state index >= 15 is 0 Å². The molecule has 0 saturated carbocycles.